The summed E-state index contributed by atoms with van der Waals surface area (Å²) < 4.78 is 16.0. The predicted molar refractivity (Wildman–Crippen MR) is 86.1 cm³/mol. The average molecular weight is 382 g/mol. The fourth-order valence-electron chi connectivity index (χ4n) is 1.81. The molecule has 1 heterocycles. The van der Waals surface area contributed by atoms with Gasteiger partial charge in [0, 0.05) is 0 Å². The topological polar surface area (TPSA) is 77.8 Å². The van der Waals surface area contributed by atoms with Crippen LogP contribution in [0.25, 0.3) is 0 Å². The molecular weight excluding hydrogens is 366 g/mol. The van der Waals surface area contributed by atoms with Gasteiger partial charge in [-0.2, -0.15) is 0 Å². The van der Waals surface area contributed by atoms with Gasteiger partial charge in [0.05, 0.1) is 30.0 Å². The van der Waals surface area contributed by atoms with Crippen molar-refractivity contribution in [1.82, 2.24) is 5.32 Å². The van der Waals surface area contributed by atoms with Crippen LogP contribution in [0.1, 0.15) is 23.0 Å². The summed E-state index contributed by atoms with van der Waals surface area (Å²) in [4.78, 5) is 24.0. The lowest BCUT2D eigenvalue weighted by molar-refractivity contribution is -0.129. The molecule has 0 fully saturated rings. The highest BCUT2D eigenvalue weighted by atomic mass is 79.9. The molecule has 0 aliphatic carbocycles. The second kappa shape index (κ2) is 7.82. The Labute approximate surface area is 141 Å². The lowest BCUT2D eigenvalue weighted by Gasteiger charge is -2.13. The normalized spacial score (nSPS) is 11.6. The van der Waals surface area contributed by atoms with E-state index in [0.717, 1.165) is 0 Å². The SMILES string of the molecule is COc1ccc(C(=O)O[C@H](C)C(=O)NCc2ccco2)cc1Br. The molecule has 0 aliphatic heterocycles. The highest BCUT2D eigenvalue weighted by Crippen LogP contribution is 2.25. The van der Waals surface area contributed by atoms with Crippen LogP contribution in [0.2, 0.25) is 0 Å². The lowest BCUT2D eigenvalue weighted by Crippen LogP contribution is -2.35. The predicted octanol–water partition coefficient (Wildman–Crippen LogP) is 2.91. The number of esters is 1. The summed E-state index contributed by atoms with van der Waals surface area (Å²) in [5.41, 5.74) is 0.323. The fourth-order valence-corrected chi connectivity index (χ4v) is 2.35. The Morgan fingerprint density at radius 2 is 2.13 bits per heavy atom. The first-order chi connectivity index (χ1) is 11.0. The van der Waals surface area contributed by atoms with Gasteiger partial charge in [-0.15, -0.1) is 0 Å². The molecule has 7 heteroatoms. The van der Waals surface area contributed by atoms with Crippen molar-refractivity contribution >= 4 is 27.8 Å². The number of rotatable bonds is 6. The number of carbonyl (C=O) groups is 2. The molecular formula is C16H16BrNO5. The summed E-state index contributed by atoms with van der Waals surface area (Å²) in [7, 11) is 1.53. The summed E-state index contributed by atoms with van der Waals surface area (Å²) in [6.07, 6.45) is 0.602. The molecule has 2 aromatic rings. The van der Waals surface area contributed by atoms with Crippen LogP contribution in [0.15, 0.2) is 45.5 Å². The number of halogens is 1. The largest absolute Gasteiger partial charge is 0.496 e. The summed E-state index contributed by atoms with van der Waals surface area (Å²) in [6, 6.07) is 8.26. The zero-order valence-corrected chi connectivity index (χ0v) is 14.3. The number of benzene rings is 1. The molecule has 0 spiro atoms. The Balaban J connectivity index is 1.90. The van der Waals surface area contributed by atoms with Gasteiger partial charge in [0.2, 0.25) is 0 Å². The molecule has 0 radical (unpaired) electrons. The van der Waals surface area contributed by atoms with Crippen LogP contribution in [0, 0.1) is 0 Å². The maximum Gasteiger partial charge on any atom is 0.338 e. The standard InChI is InChI=1S/C16H16BrNO5/c1-10(15(19)18-9-12-4-3-7-22-12)23-16(20)11-5-6-14(21-2)13(17)8-11/h3-8,10H,9H2,1-2H3,(H,18,19)/t10-/m1/s1. The summed E-state index contributed by atoms with van der Waals surface area (Å²) >= 11 is 3.30. The van der Waals surface area contributed by atoms with E-state index in [0.29, 0.717) is 21.5 Å². The molecule has 1 atom stereocenters. The molecule has 1 aromatic heterocycles. The van der Waals surface area contributed by atoms with Crippen molar-refractivity contribution in [3.8, 4) is 5.75 Å². The van der Waals surface area contributed by atoms with Crippen molar-refractivity contribution in [3.05, 3.63) is 52.4 Å². The highest BCUT2D eigenvalue weighted by molar-refractivity contribution is 9.10. The third kappa shape index (κ3) is 4.59. The van der Waals surface area contributed by atoms with Gasteiger partial charge in [-0.1, -0.05) is 0 Å². The summed E-state index contributed by atoms with van der Waals surface area (Å²) in [5, 5.41) is 2.63. The van der Waals surface area contributed by atoms with Gasteiger partial charge in [-0.25, -0.2) is 4.79 Å². The third-order valence-corrected chi connectivity index (χ3v) is 3.68. The van der Waals surface area contributed by atoms with Gasteiger partial charge in [0.15, 0.2) is 6.10 Å². The highest BCUT2D eigenvalue weighted by Gasteiger charge is 2.19. The minimum absolute atomic E-state index is 0.238. The number of methoxy groups -OCH3 is 1. The van der Waals surface area contributed by atoms with Crippen molar-refractivity contribution in [2.75, 3.05) is 7.11 Å². The smallest absolute Gasteiger partial charge is 0.338 e. The number of furan rings is 1. The molecule has 1 N–H and O–H groups in total. The molecule has 122 valence electrons. The molecule has 1 aromatic carbocycles. The Hall–Kier alpha value is -2.28. The number of hydrogen-bond donors (Lipinski definition) is 1. The maximum absolute atomic E-state index is 12.1. The Bertz CT molecular complexity index is 684. The number of hydrogen-bond acceptors (Lipinski definition) is 5. The van der Waals surface area contributed by atoms with Crippen LogP contribution in [0.5, 0.6) is 5.75 Å². The second-order valence-electron chi connectivity index (χ2n) is 4.69. The van der Waals surface area contributed by atoms with Crippen LogP contribution in [0.4, 0.5) is 0 Å². The molecule has 23 heavy (non-hydrogen) atoms. The van der Waals surface area contributed by atoms with Crippen molar-refractivity contribution in [1.29, 1.82) is 0 Å². The number of ether oxygens (including phenoxy) is 2. The monoisotopic (exact) mass is 381 g/mol. The van der Waals surface area contributed by atoms with Gasteiger partial charge in [0.25, 0.3) is 5.91 Å². The van der Waals surface area contributed by atoms with E-state index < -0.39 is 18.0 Å². The second-order valence-corrected chi connectivity index (χ2v) is 5.55. The van der Waals surface area contributed by atoms with E-state index in [1.54, 1.807) is 30.3 Å². The van der Waals surface area contributed by atoms with Crippen LogP contribution in [-0.2, 0) is 16.1 Å². The quantitative estimate of drug-likeness (QED) is 0.778. The van der Waals surface area contributed by atoms with Crippen molar-refractivity contribution in [2.45, 2.75) is 19.6 Å². The van der Waals surface area contributed by atoms with E-state index in [4.69, 9.17) is 13.9 Å². The molecule has 0 bridgehead atoms. The number of nitrogens with one attached hydrogen (secondary N) is 1. The van der Waals surface area contributed by atoms with Gasteiger partial charge in [-0.3, -0.25) is 4.79 Å². The van der Waals surface area contributed by atoms with Gasteiger partial charge < -0.3 is 19.2 Å². The van der Waals surface area contributed by atoms with Crippen LogP contribution >= 0.6 is 15.9 Å². The van der Waals surface area contributed by atoms with Crippen molar-refractivity contribution in [2.24, 2.45) is 0 Å². The van der Waals surface area contributed by atoms with E-state index in [-0.39, 0.29) is 6.54 Å². The van der Waals surface area contributed by atoms with Crippen LogP contribution < -0.4 is 10.1 Å². The minimum Gasteiger partial charge on any atom is -0.496 e. The van der Waals surface area contributed by atoms with E-state index in [1.807, 2.05) is 0 Å². The zero-order chi connectivity index (χ0) is 16.8. The van der Waals surface area contributed by atoms with E-state index >= 15 is 0 Å². The molecule has 6 nitrogen and oxygen atoms in total. The first-order valence-electron chi connectivity index (χ1n) is 6.86. The first-order valence-corrected chi connectivity index (χ1v) is 7.65. The molecule has 0 saturated carbocycles. The average Bonchev–Trinajstić information content (AvgIpc) is 3.05. The van der Waals surface area contributed by atoms with Crippen molar-refractivity contribution in [3.63, 3.8) is 0 Å². The minimum atomic E-state index is -0.918. The molecule has 2 rings (SSSR count). The molecule has 0 aliphatic rings. The summed E-state index contributed by atoms with van der Waals surface area (Å²) in [5.74, 6) is 0.234. The van der Waals surface area contributed by atoms with E-state index in [9.17, 15) is 9.59 Å². The Morgan fingerprint density at radius 1 is 1.35 bits per heavy atom. The zero-order valence-electron chi connectivity index (χ0n) is 12.7. The van der Waals surface area contributed by atoms with Gasteiger partial charge >= 0.3 is 5.97 Å². The van der Waals surface area contributed by atoms with Crippen LogP contribution in [-0.4, -0.2) is 25.1 Å². The van der Waals surface area contributed by atoms with E-state index in [1.165, 1.54) is 20.3 Å². The third-order valence-electron chi connectivity index (χ3n) is 3.06. The first kappa shape index (κ1) is 17.1. The Morgan fingerprint density at radius 3 is 2.74 bits per heavy atom. The molecule has 0 unspecified atom stereocenters. The van der Waals surface area contributed by atoms with Gasteiger partial charge in [0.1, 0.15) is 11.5 Å². The van der Waals surface area contributed by atoms with Gasteiger partial charge in [-0.05, 0) is 53.2 Å². The van der Waals surface area contributed by atoms with Crippen molar-refractivity contribution < 1.29 is 23.5 Å². The Kier molecular flexibility index (Phi) is 5.81. The van der Waals surface area contributed by atoms with Crippen LogP contribution in [0.3, 0.4) is 0 Å². The fraction of sp³-hybridized carbons (Fsp3) is 0.250. The maximum atomic E-state index is 12.1. The van der Waals surface area contributed by atoms with E-state index in [2.05, 4.69) is 21.2 Å². The number of carbonyl (C=O) groups excluding carboxylic acids is 2. The molecule has 0 saturated heterocycles. The summed E-state index contributed by atoms with van der Waals surface area (Å²) in [6.45, 7) is 1.75. The number of amides is 1. The molecule has 1 amide bonds. The lowest BCUT2D eigenvalue weighted by atomic mass is 10.2.